The fourth-order valence-corrected chi connectivity index (χ4v) is 2.45. The maximum Gasteiger partial charge on any atom is 0.345 e. The summed E-state index contributed by atoms with van der Waals surface area (Å²) >= 11 is 6.86. The summed E-state index contributed by atoms with van der Waals surface area (Å²) in [6.07, 6.45) is 0. The van der Waals surface area contributed by atoms with Gasteiger partial charge in [0.1, 0.15) is 22.3 Å². The number of ether oxygens (including phenoxy) is 1. The van der Waals surface area contributed by atoms with Gasteiger partial charge >= 0.3 is 5.97 Å². The zero-order valence-corrected chi connectivity index (χ0v) is 11.5. The Labute approximate surface area is 122 Å². The minimum atomic E-state index is -0.986. The molecule has 2 aromatic rings. The predicted molar refractivity (Wildman–Crippen MR) is 73.7 cm³/mol. The summed E-state index contributed by atoms with van der Waals surface area (Å²) in [6, 6.07) is 7.20. The molecule has 20 heavy (non-hydrogen) atoms. The third-order valence-corrected chi connectivity index (χ3v) is 3.72. The Balaban J connectivity index is 2.05. The molecule has 0 bridgehead atoms. The molecule has 8 heteroatoms. The molecular formula is C12H8ClNO5S. The van der Waals surface area contributed by atoms with Crippen molar-refractivity contribution >= 4 is 34.6 Å². The Kier molecular flexibility index (Phi) is 4.21. The molecule has 1 aromatic carbocycles. The largest absolute Gasteiger partial charge is 0.488 e. The molecule has 0 aliphatic rings. The predicted octanol–water partition coefficient (Wildman–Crippen LogP) is 3.59. The van der Waals surface area contributed by atoms with Gasteiger partial charge in [-0.15, -0.1) is 11.3 Å². The van der Waals surface area contributed by atoms with Gasteiger partial charge in [0, 0.05) is 17.0 Å². The first-order valence-electron chi connectivity index (χ1n) is 5.36. The molecular weight excluding hydrogens is 306 g/mol. The Morgan fingerprint density at radius 1 is 1.40 bits per heavy atom. The van der Waals surface area contributed by atoms with Crippen molar-refractivity contribution in [1.82, 2.24) is 0 Å². The number of thiophene rings is 1. The molecule has 0 fully saturated rings. The number of nitro benzene ring substituents is 1. The van der Waals surface area contributed by atoms with Crippen LogP contribution in [-0.4, -0.2) is 16.0 Å². The summed E-state index contributed by atoms with van der Waals surface area (Å²) in [4.78, 5) is 21.7. The fourth-order valence-electron chi connectivity index (χ4n) is 1.45. The lowest BCUT2D eigenvalue weighted by Gasteiger charge is -2.05. The quantitative estimate of drug-likeness (QED) is 0.673. The number of nitrogens with zero attached hydrogens (tertiary/aromatic N) is 1. The Morgan fingerprint density at radius 3 is 2.70 bits per heavy atom. The van der Waals surface area contributed by atoms with Crippen molar-refractivity contribution in [2.75, 3.05) is 0 Å². The minimum Gasteiger partial charge on any atom is -0.488 e. The number of hydrogen-bond acceptors (Lipinski definition) is 5. The van der Waals surface area contributed by atoms with Gasteiger partial charge in [-0.2, -0.15) is 0 Å². The smallest absolute Gasteiger partial charge is 0.345 e. The van der Waals surface area contributed by atoms with Crippen LogP contribution in [0.1, 0.15) is 14.5 Å². The molecule has 1 N–H and O–H groups in total. The number of halogens is 1. The molecule has 6 nitrogen and oxygen atoms in total. The van der Waals surface area contributed by atoms with Crippen LogP contribution in [0.15, 0.2) is 30.3 Å². The van der Waals surface area contributed by atoms with Crippen LogP contribution < -0.4 is 4.74 Å². The number of rotatable bonds is 5. The van der Waals surface area contributed by atoms with Gasteiger partial charge in [-0.25, -0.2) is 4.79 Å². The molecule has 0 aliphatic carbocycles. The number of carbonyl (C=O) groups is 1. The highest BCUT2D eigenvalue weighted by Gasteiger charge is 2.13. The van der Waals surface area contributed by atoms with Crippen LogP contribution in [-0.2, 0) is 6.61 Å². The highest BCUT2D eigenvalue weighted by molar-refractivity contribution is 7.13. The lowest BCUT2D eigenvalue weighted by Crippen LogP contribution is -1.94. The molecule has 0 radical (unpaired) electrons. The second-order valence-electron chi connectivity index (χ2n) is 3.73. The maximum absolute atomic E-state index is 10.7. The molecule has 0 saturated heterocycles. The van der Waals surface area contributed by atoms with E-state index in [0.717, 1.165) is 16.2 Å². The van der Waals surface area contributed by atoms with Crippen molar-refractivity contribution in [3.8, 4) is 5.75 Å². The van der Waals surface area contributed by atoms with Crippen molar-refractivity contribution in [3.63, 3.8) is 0 Å². The Bertz CT molecular complexity index is 670. The van der Waals surface area contributed by atoms with E-state index in [0.29, 0.717) is 5.75 Å². The lowest BCUT2D eigenvalue weighted by molar-refractivity contribution is -0.384. The zero-order valence-electron chi connectivity index (χ0n) is 9.91. The van der Waals surface area contributed by atoms with Gasteiger partial charge in [0.15, 0.2) is 0 Å². The number of carboxylic acids is 1. The number of aromatic carboxylic acids is 1. The van der Waals surface area contributed by atoms with Crippen LogP contribution in [0.25, 0.3) is 0 Å². The van der Waals surface area contributed by atoms with Crippen LogP contribution in [0, 0.1) is 10.1 Å². The lowest BCUT2D eigenvalue weighted by atomic mass is 10.3. The van der Waals surface area contributed by atoms with E-state index in [4.69, 9.17) is 21.4 Å². The summed E-state index contributed by atoms with van der Waals surface area (Å²) in [7, 11) is 0. The summed E-state index contributed by atoms with van der Waals surface area (Å²) in [5.74, 6) is -0.606. The molecule has 0 spiro atoms. The van der Waals surface area contributed by atoms with E-state index in [1.165, 1.54) is 24.3 Å². The van der Waals surface area contributed by atoms with Crippen molar-refractivity contribution in [2.45, 2.75) is 6.61 Å². The van der Waals surface area contributed by atoms with Gasteiger partial charge in [-0.3, -0.25) is 10.1 Å². The molecule has 1 heterocycles. The van der Waals surface area contributed by atoms with Crippen molar-refractivity contribution in [2.24, 2.45) is 0 Å². The van der Waals surface area contributed by atoms with Crippen molar-refractivity contribution in [3.05, 3.63) is 55.2 Å². The highest BCUT2D eigenvalue weighted by atomic mass is 35.5. The second kappa shape index (κ2) is 5.89. The summed E-state index contributed by atoms with van der Waals surface area (Å²) < 4.78 is 5.41. The number of hydrogen-bond donors (Lipinski definition) is 1. The first-order chi connectivity index (χ1) is 9.47. The van der Waals surface area contributed by atoms with Gasteiger partial charge < -0.3 is 9.84 Å². The monoisotopic (exact) mass is 313 g/mol. The fraction of sp³-hybridized carbons (Fsp3) is 0.0833. The van der Waals surface area contributed by atoms with Gasteiger partial charge in [0.2, 0.25) is 0 Å². The third-order valence-electron chi connectivity index (χ3n) is 2.37. The number of carboxylic acid groups (broad SMARTS) is 1. The maximum atomic E-state index is 10.7. The minimum absolute atomic E-state index is 0.00935. The zero-order chi connectivity index (χ0) is 14.7. The van der Waals surface area contributed by atoms with E-state index in [2.05, 4.69) is 0 Å². The van der Waals surface area contributed by atoms with Crippen LogP contribution >= 0.6 is 22.9 Å². The van der Waals surface area contributed by atoms with Gasteiger partial charge in [0.05, 0.1) is 4.92 Å². The average molecular weight is 314 g/mol. The molecule has 0 aliphatic heterocycles. The van der Waals surface area contributed by atoms with Crippen molar-refractivity contribution < 1.29 is 19.6 Å². The third kappa shape index (κ3) is 3.25. The van der Waals surface area contributed by atoms with Crippen LogP contribution in [0.4, 0.5) is 5.69 Å². The Morgan fingerprint density at radius 2 is 2.15 bits per heavy atom. The van der Waals surface area contributed by atoms with Crippen LogP contribution in [0.3, 0.4) is 0 Å². The van der Waals surface area contributed by atoms with Gasteiger partial charge in [-0.1, -0.05) is 11.6 Å². The SMILES string of the molecule is O=C(O)c1ccc(COc2ccc([N+](=O)[O-])c(Cl)c2)s1. The van der Waals surface area contributed by atoms with E-state index in [-0.39, 0.29) is 22.2 Å². The summed E-state index contributed by atoms with van der Waals surface area (Å²) in [5.41, 5.74) is -0.191. The van der Waals surface area contributed by atoms with E-state index < -0.39 is 10.9 Å². The van der Waals surface area contributed by atoms with E-state index in [9.17, 15) is 14.9 Å². The highest BCUT2D eigenvalue weighted by Crippen LogP contribution is 2.29. The molecule has 0 atom stereocenters. The second-order valence-corrected chi connectivity index (χ2v) is 5.31. The molecule has 0 unspecified atom stereocenters. The van der Waals surface area contributed by atoms with Crippen LogP contribution in [0.2, 0.25) is 5.02 Å². The van der Waals surface area contributed by atoms with Crippen molar-refractivity contribution in [1.29, 1.82) is 0 Å². The van der Waals surface area contributed by atoms with E-state index in [1.807, 2.05) is 0 Å². The Hall–Kier alpha value is -2.12. The molecule has 104 valence electrons. The van der Waals surface area contributed by atoms with Gasteiger partial charge in [-0.05, 0) is 18.2 Å². The number of benzene rings is 1. The topological polar surface area (TPSA) is 89.7 Å². The summed E-state index contributed by atoms with van der Waals surface area (Å²) in [5, 5.41) is 19.4. The number of nitro groups is 1. The standard InChI is InChI=1S/C12H8ClNO5S/c13-9-5-7(1-3-10(9)14(17)18)19-6-8-2-4-11(20-8)12(15)16/h1-5H,6H2,(H,15,16). The normalized spacial score (nSPS) is 10.2. The first-order valence-corrected chi connectivity index (χ1v) is 6.55. The first kappa shape index (κ1) is 14.3. The van der Waals surface area contributed by atoms with Crippen LogP contribution in [0.5, 0.6) is 5.75 Å². The van der Waals surface area contributed by atoms with E-state index in [1.54, 1.807) is 6.07 Å². The molecule has 0 amide bonds. The molecule has 2 rings (SSSR count). The van der Waals surface area contributed by atoms with Gasteiger partial charge in [0.25, 0.3) is 5.69 Å². The summed E-state index contributed by atoms with van der Waals surface area (Å²) in [6.45, 7) is 0.173. The molecule has 1 aromatic heterocycles. The van der Waals surface area contributed by atoms with E-state index >= 15 is 0 Å². The average Bonchev–Trinajstić information content (AvgIpc) is 2.85. The molecule has 0 saturated carbocycles.